The zero-order valence-corrected chi connectivity index (χ0v) is 11.3. The summed E-state index contributed by atoms with van der Waals surface area (Å²) in [5.74, 6) is -0.910. The molecule has 0 radical (unpaired) electrons. The molecule has 4 heteroatoms. The Bertz CT molecular complexity index is 506. The van der Waals surface area contributed by atoms with Crippen LogP contribution >= 0.6 is 0 Å². The maximum absolute atomic E-state index is 12.3. The van der Waals surface area contributed by atoms with Crippen LogP contribution in [0.15, 0.2) is 12.2 Å². The predicted octanol–water partition coefficient (Wildman–Crippen LogP) is 1.68. The van der Waals surface area contributed by atoms with Crippen LogP contribution in [0.2, 0.25) is 0 Å². The van der Waals surface area contributed by atoms with Crippen molar-refractivity contribution < 1.29 is 19.1 Å². The summed E-state index contributed by atoms with van der Waals surface area (Å²) in [7, 11) is 0. The fraction of sp³-hybridized carbons (Fsp3) is 0.667. The summed E-state index contributed by atoms with van der Waals surface area (Å²) in [5.41, 5.74) is -0.390. The first-order chi connectivity index (χ1) is 8.87. The average molecular weight is 262 g/mol. The molecule has 3 aliphatic rings. The molecule has 0 aromatic carbocycles. The lowest BCUT2D eigenvalue weighted by atomic mass is 9.68. The number of ketones is 2. The van der Waals surface area contributed by atoms with E-state index in [1.807, 2.05) is 0 Å². The number of rotatable bonds is 0. The van der Waals surface area contributed by atoms with E-state index in [1.165, 1.54) is 0 Å². The molecule has 0 aromatic heterocycles. The standard InChI is InChI=1S/C15H18O4/c1-7-4-5-9-8(2)14(18)19-13(9)15(3)10(7)6-11(16)12(15)17/h7,9-10,13H,2,4-6H2,1,3H3/t7-,9-,10-,13+,15-/m0/s1. The number of hydrogen-bond donors (Lipinski definition) is 0. The Morgan fingerprint density at radius 1 is 1.26 bits per heavy atom. The van der Waals surface area contributed by atoms with Crippen LogP contribution in [-0.4, -0.2) is 23.6 Å². The Labute approximate surface area is 112 Å². The second-order valence-electron chi connectivity index (χ2n) is 6.36. The van der Waals surface area contributed by atoms with Gasteiger partial charge in [-0.25, -0.2) is 4.79 Å². The lowest BCUT2D eigenvalue weighted by Crippen LogP contribution is -2.45. The largest absolute Gasteiger partial charge is 0.457 e. The van der Waals surface area contributed by atoms with Crippen molar-refractivity contribution in [1.29, 1.82) is 0 Å². The molecule has 19 heavy (non-hydrogen) atoms. The van der Waals surface area contributed by atoms with Gasteiger partial charge in [0, 0.05) is 17.9 Å². The Balaban J connectivity index is 2.11. The molecule has 4 nitrogen and oxygen atoms in total. The molecule has 3 rings (SSSR count). The minimum absolute atomic E-state index is 0.0128. The number of esters is 1. The highest BCUT2D eigenvalue weighted by atomic mass is 16.6. The maximum Gasteiger partial charge on any atom is 0.334 e. The fourth-order valence-electron chi connectivity index (χ4n) is 4.22. The van der Waals surface area contributed by atoms with Gasteiger partial charge in [-0.2, -0.15) is 0 Å². The summed E-state index contributed by atoms with van der Waals surface area (Å²) >= 11 is 0. The molecule has 0 bridgehead atoms. The summed E-state index contributed by atoms with van der Waals surface area (Å²) < 4.78 is 5.43. The first-order valence-electron chi connectivity index (χ1n) is 6.84. The number of carbonyl (C=O) groups excluding carboxylic acids is 3. The number of fused-ring (bicyclic) bond motifs is 3. The van der Waals surface area contributed by atoms with E-state index in [-0.39, 0.29) is 29.3 Å². The molecular weight excluding hydrogens is 244 g/mol. The van der Waals surface area contributed by atoms with Crippen LogP contribution in [0, 0.1) is 23.2 Å². The Hall–Kier alpha value is -1.45. The van der Waals surface area contributed by atoms with E-state index >= 15 is 0 Å². The highest BCUT2D eigenvalue weighted by molar-refractivity contribution is 6.41. The zero-order chi connectivity index (χ0) is 13.9. The van der Waals surface area contributed by atoms with Gasteiger partial charge in [0.2, 0.25) is 5.78 Å². The lowest BCUT2D eigenvalue weighted by molar-refractivity contribution is -0.153. The summed E-state index contributed by atoms with van der Waals surface area (Å²) in [5, 5.41) is 0. The average Bonchev–Trinajstić information content (AvgIpc) is 2.74. The molecule has 2 saturated carbocycles. The molecule has 1 aliphatic heterocycles. The monoisotopic (exact) mass is 262 g/mol. The highest BCUT2D eigenvalue weighted by Gasteiger charge is 2.63. The second-order valence-corrected chi connectivity index (χ2v) is 6.36. The van der Waals surface area contributed by atoms with Crippen LogP contribution < -0.4 is 0 Å². The second kappa shape index (κ2) is 3.78. The Morgan fingerprint density at radius 3 is 2.63 bits per heavy atom. The van der Waals surface area contributed by atoms with Crippen molar-refractivity contribution in [3.63, 3.8) is 0 Å². The topological polar surface area (TPSA) is 60.4 Å². The van der Waals surface area contributed by atoms with Crippen molar-refractivity contribution in [3.8, 4) is 0 Å². The Morgan fingerprint density at radius 2 is 1.95 bits per heavy atom. The number of ether oxygens (including phenoxy) is 1. The first-order valence-corrected chi connectivity index (χ1v) is 6.84. The van der Waals surface area contributed by atoms with Gasteiger partial charge in [0.15, 0.2) is 5.78 Å². The van der Waals surface area contributed by atoms with Gasteiger partial charge in [-0.05, 0) is 31.6 Å². The van der Waals surface area contributed by atoms with Crippen molar-refractivity contribution >= 4 is 17.5 Å². The van der Waals surface area contributed by atoms with Gasteiger partial charge in [-0.3, -0.25) is 9.59 Å². The van der Waals surface area contributed by atoms with Gasteiger partial charge in [0.1, 0.15) is 6.10 Å². The third-order valence-electron chi connectivity index (χ3n) is 5.44. The van der Waals surface area contributed by atoms with Crippen molar-refractivity contribution in [1.82, 2.24) is 0 Å². The SMILES string of the molecule is C=C1C(=O)O[C@@H]2[C@H]1CC[C@H](C)[C@@H]1CC(=O)C(=O)[C@@]21C. The summed E-state index contributed by atoms with van der Waals surface area (Å²) in [6.07, 6.45) is 1.51. The molecule has 5 atom stereocenters. The maximum atomic E-state index is 12.3. The van der Waals surface area contributed by atoms with Gasteiger partial charge in [0.25, 0.3) is 0 Å². The normalized spacial score (nSPS) is 45.8. The molecule has 0 N–H and O–H groups in total. The third kappa shape index (κ3) is 1.43. The predicted molar refractivity (Wildman–Crippen MR) is 67.1 cm³/mol. The molecule has 0 unspecified atom stereocenters. The van der Waals surface area contributed by atoms with E-state index in [4.69, 9.17) is 4.74 Å². The molecule has 0 aromatic rings. The molecule has 0 amide bonds. The summed E-state index contributed by atoms with van der Waals surface area (Å²) in [6, 6.07) is 0. The van der Waals surface area contributed by atoms with Crippen molar-refractivity contribution in [2.45, 2.75) is 39.2 Å². The van der Waals surface area contributed by atoms with Crippen LogP contribution in [0.3, 0.4) is 0 Å². The summed E-state index contributed by atoms with van der Waals surface area (Å²) in [6.45, 7) is 7.69. The smallest absolute Gasteiger partial charge is 0.334 e. The third-order valence-corrected chi connectivity index (χ3v) is 5.44. The van der Waals surface area contributed by atoms with E-state index in [1.54, 1.807) is 6.92 Å². The molecule has 3 fully saturated rings. The van der Waals surface area contributed by atoms with Crippen LogP contribution in [-0.2, 0) is 19.1 Å². The van der Waals surface area contributed by atoms with Crippen molar-refractivity contribution in [2.24, 2.45) is 23.2 Å². The number of Topliss-reactive ketones (excluding diaryl/α,β-unsaturated/α-hetero) is 2. The molecule has 0 spiro atoms. The van der Waals surface area contributed by atoms with Gasteiger partial charge >= 0.3 is 5.97 Å². The number of carbonyl (C=O) groups is 3. The first kappa shape index (κ1) is 12.6. The molecule has 102 valence electrons. The minimum Gasteiger partial charge on any atom is -0.457 e. The van der Waals surface area contributed by atoms with E-state index < -0.39 is 17.5 Å². The van der Waals surface area contributed by atoms with Gasteiger partial charge < -0.3 is 4.74 Å². The fourth-order valence-corrected chi connectivity index (χ4v) is 4.22. The van der Waals surface area contributed by atoms with Crippen LogP contribution in [0.1, 0.15) is 33.1 Å². The molecule has 2 aliphatic carbocycles. The number of hydrogen-bond acceptors (Lipinski definition) is 4. The van der Waals surface area contributed by atoms with E-state index in [9.17, 15) is 14.4 Å². The van der Waals surface area contributed by atoms with Gasteiger partial charge in [0.05, 0.1) is 5.41 Å². The van der Waals surface area contributed by atoms with Crippen LogP contribution in [0.25, 0.3) is 0 Å². The minimum atomic E-state index is -0.854. The van der Waals surface area contributed by atoms with Gasteiger partial charge in [-0.15, -0.1) is 0 Å². The van der Waals surface area contributed by atoms with E-state index in [0.717, 1.165) is 12.8 Å². The van der Waals surface area contributed by atoms with Crippen LogP contribution in [0.4, 0.5) is 0 Å². The van der Waals surface area contributed by atoms with E-state index in [2.05, 4.69) is 13.5 Å². The molecule has 1 heterocycles. The van der Waals surface area contributed by atoms with Crippen molar-refractivity contribution in [2.75, 3.05) is 0 Å². The van der Waals surface area contributed by atoms with E-state index in [0.29, 0.717) is 12.0 Å². The van der Waals surface area contributed by atoms with Crippen molar-refractivity contribution in [3.05, 3.63) is 12.2 Å². The molecule has 1 saturated heterocycles. The zero-order valence-electron chi connectivity index (χ0n) is 11.3. The lowest BCUT2D eigenvalue weighted by Gasteiger charge is -2.35. The quantitative estimate of drug-likeness (QED) is 0.378. The summed E-state index contributed by atoms with van der Waals surface area (Å²) in [4.78, 5) is 35.9. The Kier molecular flexibility index (Phi) is 2.50. The molecular formula is C15H18O4. The van der Waals surface area contributed by atoms with Gasteiger partial charge in [-0.1, -0.05) is 13.5 Å². The highest BCUT2D eigenvalue weighted by Crippen LogP contribution is 2.55. The van der Waals surface area contributed by atoms with Crippen LogP contribution in [0.5, 0.6) is 0 Å².